The molecule has 0 spiro atoms. The van der Waals surface area contributed by atoms with Crippen LogP contribution in [0.3, 0.4) is 0 Å². The normalized spacial score (nSPS) is 11.6. The Bertz CT molecular complexity index is 841. The van der Waals surface area contributed by atoms with Gasteiger partial charge in [-0.05, 0) is 12.1 Å². The molecule has 8 nitrogen and oxygen atoms in total. The second-order valence-corrected chi connectivity index (χ2v) is 6.26. The maximum atomic E-state index is 13.5. The summed E-state index contributed by atoms with van der Waals surface area (Å²) in [5.41, 5.74) is -0.769. The Labute approximate surface area is 143 Å². The molecule has 0 aliphatic carbocycles. The van der Waals surface area contributed by atoms with Crippen LogP contribution in [0.25, 0.3) is 0 Å². The highest BCUT2D eigenvalue weighted by Gasteiger charge is 2.23. The standard InChI is InChI=1S/C11H8Cl2F2N3O5P/c12-8-9(17-18(10(8)13)4-23-24(20,21)22)11(19)16-7-2-1-5(14)3-6(7)15/h1-3H,4H2,(H,16,19)(H2,20,21,22). The van der Waals surface area contributed by atoms with E-state index in [1.165, 1.54) is 0 Å². The predicted octanol–water partition coefficient (Wildman–Crippen LogP) is 2.79. The van der Waals surface area contributed by atoms with E-state index in [1.807, 2.05) is 0 Å². The van der Waals surface area contributed by atoms with Gasteiger partial charge in [-0.1, -0.05) is 23.2 Å². The number of halogens is 4. The van der Waals surface area contributed by atoms with Crippen LogP contribution in [0.4, 0.5) is 14.5 Å². The van der Waals surface area contributed by atoms with Gasteiger partial charge in [0.15, 0.2) is 12.4 Å². The molecule has 0 saturated heterocycles. The summed E-state index contributed by atoms with van der Waals surface area (Å²) in [6.45, 7) is -0.777. The van der Waals surface area contributed by atoms with E-state index in [2.05, 4.69) is 14.9 Å². The lowest BCUT2D eigenvalue weighted by molar-refractivity contribution is 0.101. The van der Waals surface area contributed by atoms with E-state index in [-0.39, 0.29) is 15.9 Å². The number of anilines is 1. The van der Waals surface area contributed by atoms with Gasteiger partial charge in [-0.15, -0.1) is 0 Å². The molecule has 0 bridgehead atoms. The van der Waals surface area contributed by atoms with Crippen LogP contribution >= 0.6 is 31.0 Å². The summed E-state index contributed by atoms with van der Waals surface area (Å²) in [6.07, 6.45) is 0. The van der Waals surface area contributed by atoms with Crippen LogP contribution in [-0.4, -0.2) is 25.5 Å². The number of carbonyl (C=O) groups excluding carboxylic acids is 1. The number of phosphoric acid groups is 1. The topological polar surface area (TPSA) is 114 Å². The Balaban J connectivity index is 2.22. The molecule has 2 aromatic rings. The average molecular weight is 402 g/mol. The summed E-state index contributed by atoms with van der Waals surface area (Å²) in [5, 5.41) is 5.08. The number of aromatic nitrogens is 2. The van der Waals surface area contributed by atoms with Crippen molar-refractivity contribution in [1.82, 2.24) is 9.78 Å². The fourth-order valence-electron chi connectivity index (χ4n) is 1.55. The number of carbonyl (C=O) groups is 1. The Morgan fingerprint density at radius 2 is 2.04 bits per heavy atom. The van der Waals surface area contributed by atoms with Crippen molar-refractivity contribution in [1.29, 1.82) is 0 Å². The number of hydrogen-bond donors (Lipinski definition) is 3. The zero-order chi connectivity index (χ0) is 18.1. The minimum atomic E-state index is -4.79. The van der Waals surface area contributed by atoms with E-state index < -0.39 is 37.8 Å². The van der Waals surface area contributed by atoms with Crippen LogP contribution in [0, 0.1) is 11.6 Å². The van der Waals surface area contributed by atoms with Crippen LogP contribution < -0.4 is 5.32 Å². The number of hydrogen-bond acceptors (Lipinski definition) is 4. The molecule has 0 aliphatic heterocycles. The van der Waals surface area contributed by atoms with Crippen LogP contribution in [0.5, 0.6) is 0 Å². The summed E-state index contributed by atoms with van der Waals surface area (Å²) >= 11 is 11.6. The lowest BCUT2D eigenvalue weighted by atomic mass is 10.3. The summed E-state index contributed by atoms with van der Waals surface area (Å²) < 4.78 is 41.9. The maximum absolute atomic E-state index is 13.5. The minimum Gasteiger partial charge on any atom is -0.318 e. The third-order valence-corrected chi connectivity index (χ3v) is 3.87. The van der Waals surface area contributed by atoms with Crippen LogP contribution in [0.1, 0.15) is 10.5 Å². The monoisotopic (exact) mass is 401 g/mol. The Kier molecular flexibility index (Phi) is 5.59. The summed E-state index contributed by atoms with van der Waals surface area (Å²) in [6, 6.07) is 2.49. The molecule has 1 aromatic carbocycles. The minimum absolute atomic E-state index is 0.324. The van der Waals surface area contributed by atoms with Gasteiger partial charge in [0.05, 0.1) is 5.69 Å². The van der Waals surface area contributed by atoms with Crippen LogP contribution in [0.2, 0.25) is 10.2 Å². The average Bonchev–Trinajstić information content (AvgIpc) is 2.75. The second kappa shape index (κ2) is 7.14. The number of nitrogens with zero attached hydrogens (tertiary/aromatic N) is 2. The van der Waals surface area contributed by atoms with Crippen molar-refractivity contribution in [3.8, 4) is 0 Å². The molecule has 0 atom stereocenters. The van der Waals surface area contributed by atoms with E-state index >= 15 is 0 Å². The van der Waals surface area contributed by atoms with Gasteiger partial charge in [-0.25, -0.2) is 18.0 Å². The highest BCUT2D eigenvalue weighted by Crippen LogP contribution is 2.37. The summed E-state index contributed by atoms with van der Waals surface area (Å²) in [7, 11) is -4.79. The molecule has 0 radical (unpaired) electrons. The van der Waals surface area contributed by atoms with Crippen LogP contribution in [0.15, 0.2) is 18.2 Å². The van der Waals surface area contributed by atoms with Crippen molar-refractivity contribution in [3.05, 3.63) is 45.7 Å². The number of benzene rings is 1. The van der Waals surface area contributed by atoms with Gasteiger partial charge in [0.2, 0.25) is 0 Å². The van der Waals surface area contributed by atoms with Gasteiger partial charge in [-0.2, -0.15) is 5.10 Å². The molecule has 1 heterocycles. The fourth-order valence-corrected chi connectivity index (χ4v) is 2.21. The zero-order valence-corrected chi connectivity index (χ0v) is 13.8. The highest BCUT2D eigenvalue weighted by atomic mass is 35.5. The number of amides is 1. The quantitative estimate of drug-likeness (QED) is 0.663. The number of nitrogens with one attached hydrogen (secondary N) is 1. The van der Waals surface area contributed by atoms with Gasteiger partial charge in [-0.3, -0.25) is 9.32 Å². The molecule has 0 fully saturated rings. The Hall–Kier alpha value is -1.55. The third-order valence-electron chi connectivity index (χ3n) is 2.58. The molecule has 1 amide bonds. The van der Waals surface area contributed by atoms with E-state index in [1.54, 1.807) is 0 Å². The van der Waals surface area contributed by atoms with Gasteiger partial charge in [0.1, 0.15) is 21.8 Å². The molecule has 13 heteroatoms. The molecule has 130 valence electrons. The Morgan fingerprint density at radius 1 is 1.38 bits per heavy atom. The third kappa shape index (κ3) is 4.50. The first kappa shape index (κ1) is 18.8. The van der Waals surface area contributed by atoms with E-state index in [0.717, 1.165) is 16.8 Å². The molecule has 1 aromatic heterocycles. The van der Waals surface area contributed by atoms with Gasteiger partial charge < -0.3 is 15.1 Å². The van der Waals surface area contributed by atoms with Gasteiger partial charge >= 0.3 is 7.82 Å². The molecule has 0 unspecified atom stereocenters. The lowest BCUT2D eigenvalue weighted by Gasteiger charge is -2.06. The van der Waals surface area contributed by atoms with Crippen LogP contribution in [-0.2, 0) is 15.8 Å². The SMILES string of the molecule is O=C(Nc1ccc(F)cc1F)c1nn(COP(=O)(O)O)c(Cl)c1Cl. The first-order chi connectivity index (χ1) is 11.1. The largest absolute Gasteiger partial charge is 0.471 e. The van der Waals surface area contributed by atoms with Gasteiger partial charge in [0, 0.05) is 6.07 Å². The molecule has 0 saturated carbocycles. The number of phosphoric ester groups is 1. The van der Waals surface area contributed by atoms with Crippen molar-refractivity contribution < 1.29 is 32.5 Å². The highest BCUT2D eigenvalue weighted by molar-refractivity contribution is 7.46. The molecular weight excluding hydrogens is 394 g/mol. The molecular formula is C11H8Cl2F2N3O5P. The molecule has 0 aliphatic rings. The van der Waals surface area contributed by atoms with E-state index in [9.17, 15) is 18.1 Å². The van der Waals surface area contributed by atoms with Crippen molar-refractivity contribution in [3.63, 3.8) is 0 Å². The smallest absolute Gasteiger partial charge is 0.318 e. The number of rotatable bonds is 5. The van der Waals surface area contributed by atoms with Gasteiger partial charge in [0.25, 0.3) is 5.91 Å². The summed E-state index contributed by atoms with van der Waals surface area (Å²) in [5.74, 6) is -2.82. The summed E-state index contributed by atoms with van der Waals surface area (Å²) in [4.78, 5) is 29.3. The van der Waals surface area contributed by atoms with Crippen molar-refractivity contribution in [2.75, 3.05) is 5.32 Å². The van der Waals surface area contributed by atoms with E-state index in [0.29, 0.717) is 6.07 Å². The van der Waals surface area contributed by atoms with Crippen molar-refractivity contribution in [2.24, 2.45) is 0 Å². The first-order valence-corrected chi connectivity index (χ1v) is 8.25. The lowest BCUT2D eigenvalue weighted by Crippen LogP contribution is -2.15. The van der Waals surface area contributed by atoms with E-state index in [4.69, 9.17) is 33.0 Å². The predicted molar refractivity (Wildman–Crippen MR) is 79.7 cm³/mol. The van der Waals surface area contributed by atoms with Crippen molar-refractivity contribution >= 4 is 42.6 Å². The molecule has 24 heavy (non-hydrogen) atoms. The zero-order valence-electron chi connectivity index (χ0n) is 11.4. The fraction of sp³-hybridized carbons (Fsp3) is 0.0909. The first-order valence-electron chi connectivity index (χ1n) is 5.97. The molecule has 2 rings (SSSR count). The Morgan fingerprint density at radius 3 is 2.62 bits per heavy atom. The molecule has 3 N–H and O–H groups in total. The second-order valence-electron chi connectivity index (χ2n) is 4.28. The van der Waals surface area contributed by atoms with Crippen molar-refractivity contribution in [2.45, 2.75) is 6.73 Å². The maximum Gasteiger partial charge on any atom is 0.471 e.